The van der Waals surface area contributed by atoms with Crippen molar-refractivity contribution in [2.45, 2.75) is 25.9 Å². The van der Waals surface area contributed by atoms with Gasteiger partial charge in [0.25, 0.3) is 5.91 Å². The Labute approximate surface area is 198 Å². The number of carbonyl (C=O) groups is 3. The van der Waals surface area contributed by atoms with Gasteiger partial charge in [0.2, 0.25) is 0 Å². The minimum Gasteiger partial charge on any atom is -0.483 e. The molecule has 0 aliphatic heterocycles. The Bertz CT molecular complexity index is 1060. The molecule has 0 unspecified atom stereocenters. The van der Waals surface area contributed by atoms with Crippen LogP contribution in [0.2, 0.25) is 5.02 Å². The molecule has 0 aromatic heterocycles. The molecule has 182 valence electrons. The number of hydrogen-bond donors (Lipinski definition) is 3. The van der Waals surface area contributed by atoms with E-state index in [0.717, 1.165) is 25.0 Å². The van der Waals surface area contributed by atoms with Crippen molar-refractivity contribution in [2.24, 2.45) is 5.10 Å². The highest BCUT2D eigenvalue weighted by atomic mass is 35.5. The van der Waals surface area contributed by atoms with E-state index in [1.165, 1.54) is 36.5 Å². The number of anilines is 1. The summed E-state index contributed by atoms with van der Waals surface area (Å²) in [6, 6.07) is 8.55. The second-order valence-electron chi connectivity index (χ2n) is 6.91. The van der Waals surface area contributed by atoms with Crippen molar-refractivity contribution in [3.05, 3.63) is 58.6 Å². The third-order valence-corrected chi connectivity index (χ3v) is 4.43. The molecule has 0 fully saturated rings. The summed E-state index contributed by atoms with van der Waals surface area (Å²) in [6.07, 6.45) is -1.79. The fourth-order valence-corrected chi connectivity index (χ4v) is 2.72. The number of hydrogen-bond acceptors (Lipinski definition) is 5. The van der Waals surface area contributed by atoms with Gasteiger partial charge in [-0.2, -0.15) is 18.3 Å². The van der Waals surface area contributed by atoms with Crippen LogP contribution in [0, 0.1) is 0 Å². The number of ether oxygens (including phenoxy) is 1. The van der Waals surface area contributed by atoms with Gasteiger partial charge in [0.05, 0.1) is 11.8 Å². The van der Waals surface area contributed by atoms with E-state index >= 15 is 0 Å². The van der Waals surface area contributed by atoms with Crippen molar-refractivity contribution in [1.82, 2.24) is 10.7 Å². The van der Waals surface area contributed by atoms with E-state index in [1.54, 1.807) is 0 Å². The number of halogens is 4. The molecular formula is C22H22ClF3N4O4. The van der Waals surface area contributed by atoms with E-state index in [2.05, 4.69) is 21.2 Å². The topological polar surface area (TPSA) is 109 Å². The van der Waals surface area contributed by atoms with E-state index in [9.17, 15) is 27.6 Å². The Balaban J connectivity index is 1.97. The second kappa shape index (κ2) is 12.6. The zero-order chi connectivity index (χ0) is 25.1. The van der Waals surface area contributed by atoms with Crippen LogP contribution in [-0.4, -0.2) is 37.1 Å². The Morgan fingerprint density at radius 3 is 2.59 bits per heavy atom. The highest BCUT2D eigenvalue weighted by molar-refractivity contribution is 6.35. The SMILES string of the molecule is CCCCNC(=O)C(=O)N/N=C\c1cc(Cl)ccc1OCC(=O)Nc1cccc(C(F)(F)F)c1. The van der Waals surface area contributed by atoms with Crippen LogP contribution < -0.4 is 20.8 Å². The van der Waals surface area contributed by atoms with Gasteiger partial charge >= 0.3 is 18.0 Å². The van der Waals surface area contributed by atoms with Gasteiger partial charge in [-0.1, -0.05) is 31.0 Å². The van der Waals surface area contributed by atoms with Crippen molar-refractivity contribution < 1.29 is 32.3 Å². The molecule has 0 aliphatic rings. The van der Waals surface area contributed by atoms with Gasteiger partial charge < -0.3 is 15.4 Å². The predicted molar refractivity (Wildman–Crippen MR) is 121 cm³/mol. The van der Waals surface area contributed by atoms with Crippen LogP contribution >= 0.6 is 11.6 Å². The molecule has 0 heterocycles. The molecule has 0 bridgehead atoms. The monoisotopic (exact) mass is 498 g/mol. The Morgan fingerprint density at radius 1 is 1.12 bits per heavy atom. The summed E-state index contributed by atoms with van der Waals surface area (Å²) in [5.74, 6) is -2.33. The van der Waals surface area contributed by atoms with Crippen molar-refractivity contribution in [1.29, 1.82) is 0 Å². The van der Waals surface area contributed by atoms with E-state index in [1.807, 2.05) is 6.92 Å². The van der Waals surface area contributed by atoms with Gasteiger partial charge in [-0.15, -0.1) is 0 Å². The Kier molecular flexibility index (Phi) is 9.87. The molecule has 2 rings (SSSR count). The minimum atomic E-state index is -4.54. The minimum absolute atomic E-state index is 0.0405. The molecule has 2 aromatic rings. The summed E-state index contributed by atoms with van der Waals surface area (Å²) in [5, 5.41) is 8.76. The van der Waals surface area contributed by atoms with E-state index in [0.29, 0.717) is 11.6 Å². The standard InChI is InChI=1S/C22H22ClF3N4O4/c1-2-3-9-27-20(32)21(33)30-28-12-14-10-16(23)7-8-18(14)34-13-19(31)29-17-6-4-5-15(11-17)22(24,25)26/h4-8,10-12H,2-3,9,13H2,1H3,(H,27,32)(H,29,31)(H,30,33)/b28-12-. The maximum absolute atomic E-state index is 12.8. The Hall–Kier alpha value is -3.60. The van der Waals surface area contributed by atoms with Gasteiger partial charge in [-0.3, -0.25) is 14.4 Å². The molecule has 3 amide bonds. The predicted octanol–water partition coefficient (Wildman–Crippen LogP) is 3.74. The van der Waals surface area contributed by atoms with Gasteiger partial charge in [-0.05, 0) is 42.8 Å². The van der Waals surface area contributed by atoms with Crippen LogP contribution in [0.3, 0.4) is 0 Å². The van der Waals surface area contributed by atoms with Gasteiger partial charge in [0.1, 0.15) is 5.75 Å². The first-order chi connectivity index (χ1) is 16.1. The number of nitrogens with zero attached hydrogens (tertiary/aromatic N) is 1. The first kappa shape index (κ1) is 26.7. The van der Waals surface area contributed by atoms with Crippen molar-refractivity contribution in [3.63, 3.8) is 0 Å². The highest BCUT2D eigenvalue weighted by Gasteiger charge is 2.30. The molecule has 2 aromatic carbocycles. The first-order valence-electron chi connectivity index (χ1n) is 10.1. The van der Waals surface area contributed by atoms with E-state index in [-0.39, 0.29) is 17.0 Å². The summed E-state index contributed by atoms with van der Waals surface area (Å²) in [6.45, 7) is 1.78. The zero-order valence-electron chi connectivity index (χ0n) is 18.0. The molecule has 0 spiro atoms. The fourth-order valence-electron chi connectivity index (χ4n) is 2.54. The molecule has 12 heteroatoms. The van der Waals surface area contributed by atoms with Gasteiger partial charge in [0.15, 0.2) is 6.61 Å². The lowest BCUT2D eigenvalue weighted by atomic mass is 10.2. The lowest BCUT2D eigenvalue weighted by Gasteiger charge is -2.11. The summed E-state index contributed by atoms with van der Waals surface area (Å²) in [7, 11) is 0. The number of rotatable bonds is 9. The summed E-state index contributed by atoms with van der Waals surface area (Å²) >= 11 is 5.96. The second-order valence-corrected chi connectivity index (χ2v) is 7.34. The molecule has 0 aliphatic carbocycles. The van der Waals surface area contributed by atoms with Crippen molar-refractivity contribution >= 4 is 41.2 Å². The number of hydrazone groups is 1. The lowest BCUT2D eigenvalue weighted by Crippen LogP contribution is -2.38. The summed E-state index contributed by atoms with van der Waals surface area (Å²) in [5.41, 5.74) is 1.41. The van der Waals surface area contributed by atoms with Crippen LogP contribution in [0.25, 0.3) is 0 Å². The largest absolute Gasteiger partial charge is 0.483 e. The molecule has 3 N–H and O–H groups in total. The molecule has 8 nitrogen and oxygen atoms in total. The van der Waals surface area contributed by atoms with Crippen LogP contribution in [0.5, 0.6) is 5.75 Å². The van der Waals surface area contributed by atoms with E-state index < -0.39 is 36.1 Å². The maximum Gasteiger partial charge on any atom is 0.416 e. The highest BCUT2D eigenvalue weighted by Crippen LogP contribution is 2.30. The zero-order valence-corrected chi connectivity index (χ0v) is 18.8. The fraction of sp³-hybridized carbons (Fsp3) is 0.273. The number of alkyl halides is 3. The van der Waals surface area contributed by atoms with Crippen LogP contribution in [0.15, 0.2) is 47.6 Å². The number of nitrogens with one attached hydrogen (secondary N) is 3. The third-order valence-electron chi connectivity index (χ3n) is 4.20. The average Bonchev–Trinajstić information content (AvgIpc) is 2.78. The van der Waals surface area contributed by atoms with Crippen molar-refractivity contribution in [3.8, 4) is 5.75 Å². The smallest absolute Gasteiger partial charge is 0.416 e. The van der Waals surface area contributed by atoms with Crippen molar-refractivity contribution in [2.75, 3.05) is 18.5 Å². The first-order valence-corrected chi connectivity index (χ1v) is 10.5. The van der Waals surface area contributed by atoms with Gasteiger partial charge in [0, 0.05) is 22.8 Å². The van der Waals surface area contributed by atoms with Gasteiger partial charge in [-0.25, -0.2) is 5.43 Å². The summed E-state index contributed by atoms with van der Waals surface area (Å²) in [4.78, 5) is 35.5. The number of benzene rings is 2. The maximum atomic E-state index is 12.8. The molecular weight excluding hydrogens is 477 g/mol. The number of carbonyl (C=O) groups excluding carboxylic acids is 3. The molecule has 0 saturated heterocycles. The normalized spacial score (nSPS) is 11.2. The molecule has 34 heavy (non-hydrogen) atoms. The lowest BCUT2D eigenvalue weighted by molar-refractivity contribution is -0.139. The molecule has 0 atom stereocenters. The Morgan fingerprint density at radius 2 is 1.88 bits per heavy atom. The van der Waals surface area contributed by atoms with E-state index in [4.69, 9.17) is 16.3 Å². The average molecular weight is 499 g/mol. The van der Waals surface area contributed by atoms with Crippen LogP contribution in [0.4, 0.5) is 18.9 Å². The molecule has 0 radical (unpaired) electrons. The quantitative estimate of drug-likeness (QED) is 0.212. The number of amides is 3. The third kappa shape index (κ3) is 8.74. The van der Waals surface area contributed by atoms with Crippen LogP contribution in [0.1, 0.15) is 30.9 Å². The van der Waals surface area contributed by atoms with Crippen LogP contribution in [-0.2, 0) is 20.6 Å². The summed E-state index contributed by atoms with van der Waals surface area (Å²) < 4.78 is 43.8. The molecule has 0 saturated carbocycles. The number of unbranched alkanes of at least 4 members (excludes halogenated alkanes) is 1.